The summed E-state index contributed by atoms with van der Waals surface area (Å²) >= 11 is 1.82. The Morgan fingerprint density at radius 2 is 2.38 bits per heavy atom. The van der Waals surface area contributed by atoms with Crippen LogP contribution in [0, 0.1) is 6.92 Å². The second kappa shape index (κ2) is 5.07. The SMILES string of the molecule is C=CCSc1c(C)ccnc1CC. The highest BCUT2D eigenvalue weighted by Crippen LogP contribution is 2.25. The molecule has 0 fully saturated rings. The summed E-state index contributed by atoms with van der Waals surface area (Å²) in [6.07, 6.45) is 4.81. The average Bonchev–Trinajstić information content (AvgIpc) is 2.15. The van der Waals surface area contributed by atoms with E-state index in [1.807, 2.05) is 24.0 Å². The molecule has 0 atom stereocenters. The molecule has 0 aliphatic carbocycles. The molecule has 1 aromatic heterocycles. The first-order chi connectivity index (χ1) is 6.29. The number of hydrogen-bond donors (Lipinski definition) is 0. The van der Waals surface area contributed by atoms with Gasteiger partial charge in [0.05, 0.1) is 5.69 Å². The Kier molecular flexibility index (Phi) is 4.03. The van der Waals surface area contributed by atoms with Crippen molar-refractivity contribution in [2.45, 2.75) is 25.2 Å². The third-order valence-corrected chi connectivity index (χ3v) is 3.10. The lowest BCUT2D eigenvalue weighted by molar-refractivity contribution is 0.964. The van der Waals surface area contributed by atoms with Crippen molar-refractivity contribution in [2.75, 3.05) is 5.75 Å². The Hall–Kier alpha value is -0.760. The van der Waals surface area contributed by atoms with Gasteiger partial charge in [0.2, 0.25) is 0 Å². The summed E-state index contributed by atoms with van der Waals surface area (Å²) in [4.78, 5) is 5.68. The Labute approximate surface area is 84.3 Å². The summed E-state index contributed by atoms with van der Waals surface area (Å²) in [5, 5.41) is 0. The van der Waals surface area contributed by atoms with E-state index in [4.69, 9.17) is 0 Å². The van der Waals surface area contributed by atoms with Gasteiger partial charge in [-0.3, -0.25) is 4.98 Å². The Balaban J connectivity index is 2.93. The van der Waals surface area contributed by atoms with Crippen molar-refractivity contribution >= 4 is 11.8 Å². The second-order valence-corrected chi connectivity index (χ2v) is 3.89. The number of aromatic nitrogens is 1. The largest absolute Gasteiger partial charge is 0.260 e. The molecule has 1 nitrogen and oxygen atoms in total. The lowest BCUT2D eigenvalue weighted by Crippen LogP contribution is -1.93. The number of aryl methyl sites for hydroxylation is 2. The monoisotopic (exact) mass is 193 g/mol. The number of hydrogen-bond acceptors (Lipinski definition) is 2. The molecule has 1 rings (SSSR count). The molecule has 0 aromatic carbocycles. The third-order valence-electron chi connectivity index (χ3n) is 1.86. The fraction of sp³-hybridized carbons (Fsp3) is 0.364. The van der Waals surface area contributed by atoms with Crippen LogP contribution in [0.15, 0.2) is 29.8 Å². The van der Waals surface area contributed by atoms with Crippen molar-refractivity contribution in [1.29, 1.82) is 0 Å². The molecule has 0 radical (unpaired) electrons. The van der Waals surface area contributed by atoms with Gasteiger partial charge in [-0.2, -0.15) is 0 Å². The van der Waals surface area contributed by atoms with Crippen LogP contribution in [0.3, 0.4) is 0 Å². The molecule has 0 saturated carbocycles. The van der Waals surface area contributed by atoms with Gasteiger partial charge >= 0.3 is 0 Å². The molecule has 70 valence electrons. The van der Waals surface area contributed by atoms with Crippen molar-refractivity contribution in [3.8, 4) is 0 Å². The van der Waals surface area contributed by atoms with Gasteiger partial charge in [0.1, 0.15) is 0 Å². The van der Waals surface area contributed by atoms with Gasteiger partial charge in [0.15, 0.2) is 0 Å². The molecule has 0 saturated heterocycles. The molecular weight excluding hydrogens is 178 g/mol. The quantitative estimate of drug-likeness (QED) is 0.538. The normalized spacial score (nSPS) is 10.0. The molecule has 0 amide bonds. The van der Waals surface area contributed by atoms with Gasteiger partial charge in [-0.25, -0.2) is 0 Å². The first-order valence-electron chi connectivity index (χ1n) is 4.47. The van der Waals surface area contributed by atoms with Crippen LogP contribution in [0.2, 0.25) is 0 Å². The van der Waals surface area contributed by atoms with Crippen LogP contribution in [-0.4, -0.2) is 10.7 Å². The minimum Gasteiger partial charge on any atom is -0.260 e. The van der Waals surface area contributed by atoms with Crippen LogP contribution in [0.1, 0.15) is 18.2 Å². The zero-order valence-electron chi connectivity index (χ0n) is 8.21. The van der Waals surface area contributed by atoms with Crippen LogP contribution in [-0.2, 0) is 6.42 Å². The summed E-state index contributed by atoms with van der Waals surface area (Å²) in [5.74, 6) is 0.958. The lowest BCUT2D eigenvalue weighted by Gasteiger charge is -2.07. The maximum Gasteiger partial charge on any atom is 0.0539 e. The zero-order chi connectivity index (χ0) is 9.68. The van der Waals surface area contributed by atoms with Crippen LogP contribution in [0.25, 0.3) is 0 Å². The molecule has 0 bridgehead atoms. The van der Waals surface area contributed by atoms with Gasteiger partial charge in [0.25, 0.3) is 0 Å². The second-order valence-electron chi connectivity index (χ2n) is 2.86. The van der Waals surface area contributed by atoms with Crippen molar-refractivity contribution in [1.82, 2.24) is 4.98 Å². The van der Waals surface area contributed by atoms with Crippen LogP contribution >= 0.6 is 11.8 Å². The van der Waals surface area contributed by atoms with E-state index >= 15 is 0 Å². The van der Waals surface area contributed by atoms with Crippen molar-refractivity contribution < 1.29 is 0 Å². The number of thioether (sulfide) groups is 1. The highest BCUT2D eigenvalue weighted by atomic mass is 32.2. The highest BCUT2D eigenvalue weighted by Gasteiger charge is 2.04. The fourth-order valence-electron chi connectivity index (χ4n) is 1.19. The van der Waals surface area contributed by atoms with Gasteiger partial charge in [0, 0.05) is 16.8 Å². The standard InChI is InChI=1S/C11H15NS/c1-4-8-13-11-9(3)6-7-12-10(11)5-2/h4,6-7H,1,5,8H2,2-3H3. The molecule has 2 heteroatoms. The van der Waals surface area contributed by atoms with E-state index in [0.29, 0.717) is 0 Å². The minimum absolute atomic E-state index is 0.958. The summed E-state index contributed by atoms with van der Waals surface area (Å²) in [7, 11) is 0. The van der Waals surface area contributed by atoms with E-state index in [0.717, 1.165) is 12.2 Å². The fourth-order valence-corrected chi connectivity index (χ4v) is 2.14. The van der Waals surface area contributed by atoms with Crippen molar-refractivity contribution in [3.05, 3.63) is 36.2 Å². The highest BCUT2D eigenvalue weighted by molar-refractivity contribution is 7.99. The Morgan fingerprint density at radius 1 is 1.62 bits per heavy atom. The molecule has 0 N–H and O–H groups in total. The average molecular weight is 193 g/mol. The topological polar surface area (TPSA) is 12.9 Å². The van der Waals surface area contributed by atoms with Crippen molar-refractivity contribution in [2.24, 2.45) is 0 Å². The maximum absolute atomic E-state index is 4.36. The molecule has 0 aliphatic rings. The van der Waals surface area contributed by atoms with Gasteiger partial charge < -0.3 is 0 Å². The Morgan fingerprint density at radius 3 is 3.00 bits per heavy atom. The maximum atomic E-state index is 4.36. The predicted molar refractivity (Wildman–Crippen MR) is 59.3 cm³/mol. The van der Waals surface area contributed by atoms with E-state index < -0.39 is 0 Å². The molecule has 1 heterocycles. The van der Waals surface area contributed by atoms with Gasteiger partial charge in [-0.1, -0.05) is 13.0 Å². The lowest BCUT2D eigenvalue weighted by atomic mass is 10.2. The summed E-state index contributed by atoms with van der Waals surface area (Å²) < 4.78 is 0. The summed E-state index contributed by atoms with van der Waals surface area (Å²) in [6.45, 7) is 7.99. The number of nitrogens with zero attached hydrogens (tertiary/aromatic N) is 1. The molecule has 1 aromatic rings. The molecule has 13 heavy (non-hydrogen) atoms. The van der Waals surface area contributed by atoms with E-state index in [1.165, 1.54) is 16.2 Å². The van der Waals surface area contributed by atoms with E-state index in [2.05, 4.69) is 31.5 Å². The van der Waals surface area contributed by atoms with Gasteiger partial charge in [-0.15, -0.1) is 18.3 Å². The van der Waals surface area contributed by atoms with E-state index in [-0.39, 0.29) is 0 Å². The van der Waals surface area contributed by atoms with Crippen LogP contribution in [0.5, 0.6) is 0 Å². The Bertz CT molecular complexity index is 294. The zero-order valence-corrected chi connectivity index (χ0v) is 9.03. The van der Waals surface area contributed by atoms with E-state index in [9.17, 15) is 0 Å². The molecular formula is C11H15NS. The van der Waals surface area contributed by atoms with Crippen LogP contribution in [0.4, 0.5) is 0 Å². The molecule has 0 aliphatic heterocycles. The van der Waals surface area contributed by atoms with Crippen molar-refractivity contribution in [3.63, 3.8) is 0 Å². The van der Waals surface area contributed by atoms with Crippen LogP contribution < -0.4 is 0 Å². The first kappa shape index (κ1) is 10.3. The first-order valence-corrected chi connectivity index (χ1v) is 5.46. The number of pyridine rings is 1. The summed E-state index contributed by atoms with van der Waals surface area (Å²) in [5.41, 5.74) is 2.52. The number of rotatable bonds is 4. The van der Waals surface area contributed by atoms with Gasteiger partial charge in [-0.05, 0) is 25.0 Å². The summed E-state index contributed by atoms with van der Waals surface area (Å²) in [6, 6.07) is 2.06. The minimum atomic E-state index is 0.958. The predicted octanol–water partition coefficient (Wildman–Crippen LogP) is 3.23. The molecule has 0 unspecified atom stereocenters. The molecule has 0 spiro atoms. The smallest absolute Gasteiger partial charge is 0.0539 e. The van der Waals surface area contributed by atoms with E-state index in [1.54, 1.807) is 0 Å². The third kappa shape index (κ3) is 2.59.